The van der Waals surface area contributed by atoms with Gasteiger partial charge in [-0.2, -0.15) is 0 Å². The van der Waals surface area contributed by atoms with Crippen molar-refractivity contribution in [3.05, 3.63) is 0 Å². The topological polar surface area (TPSA) is 49.4 Å². The fraction of sp³-hybridized carbons (Fsp3) is 0.800. The van der Waals surface area contributed by atoms with Crippen LogP contribution in [0.3, 0.4) is 0 Å². The number of carbonyl (C=O) groups is 2. The van der Waals surface area contributed by atoms with E-state index in [1.165, 1.54) is 0 Å². The van der Waals surface area contributed by atoms with Crippen LogP contribution in [0.2, 0.25) is 0 Å². The molecule has 2 rings (SSSR count). The van der Waals surface area contributed by atoms with Crippen LogP contribution in [0.4, 0.5) is 0 Å². The molecule has 0 aromatic heterocycles. The van der Waals surface area contributed by atoms with Gasteiger partial charge in [-0.1, -0.05) is 0 Å². The molecule has 4 heteroatoms. The maximum Gasteiger partial charge on any atom is 0.248 e. The van der Waals surface area contributed by atoms with Gasteiger partial charge >= 0.3 is 0 Å². The van der Waals surface area contributed by atoms with Crippen LogP contribution in [0.25, 0.3) is 0 Å². The maximum atomic E-state index is 12.0. The molecule has 0 spiro atoms. The Morgan fingerprint density at radius 1 is 1.43 bits per heavy atom. The highest BCUT2D eigenvalue weighted by molar-refractivity contribution is 5.93. The van der Waals surface area contributed by atoms with Crippen LogP contribution in [0.15, 0.2) is 0 Å². The lowest BCUT2D eigenvalue weighted by Crippen LogP contribution is -2.56. The van der Waals surface area contributed by atoms with E-state index in [-0.39, 0.29) is 11.8 Å². The molecule has 1 N–H and O–H groups in total. The van der Waals surface area contributed by atoms with E-state index < -0.39 is 5.54 Å². The Balaban J connectivity index is 2.26. The summed E-state index contributed by atoms with van der Waals surface area (Å²) in [6.07, 6.45) is 2.53. The predicted octanol–water partition coefficient (Wildman–Crippen LogP) is 0.133. The molecule has 2 fully saturated rings. The molecule has 0 radical (unpaired) electrons. The van der Waals surface area contributed by atoms with Crippen molar-refractivity contribution in [2.45, 2.75) is 31.7 Å². The fourth-order valence-corrected chi connectivity index (χ4v) is 2.11. The molecule has 1 saturated carbocycles. The van der Waals surface area contributed by atoms with E-state index in [4.69, 9.17) is 0 Å². The lowest BCUT2D eigenvalue weighted by Gasteiger charge is -2.30. The van der Waals surface area contributed by atoms with Gasteiger partial charge in [-0.05, 0) is 25.7 Å². The second kappa shape index (κ2) is 2.97. The number of carbonyl (C=O) groups excluding carboxylic acids is 2. The largest absolute Gasteiger partial charge is 0.343 e. The summed E-state index contributed by atoms with van der Waals surface area (Å²) >= 11 is 0. The minimum Gasteiger partial charge on any atom is -0.343 e. The first-order valence-corrected chi connectivity index (χ1v) is 5.10. The van der Waals surface area contributed by atoms with Gasteiger partial charge < -0.3 is 10.2 Å². The SMILES string of the molecule is CN1CCC(=O)NC(C)(C2CC2)C1=O. The molecule has 2 aliphatic rings. The van der Waals surface area contributed by atoms with E-state index in [1.807, 2.05) is 6.92 Å². The molecule has 1 atom stereocenters. The van der Waals surface area contributed by atoms with Gasteiger partial charge in [0.15, 0.2) is 0 Å². The third-order valence-electron chi connectivity index (χ3n) is 3.26. The Labute approximate surface area is 83.6 Å². The summed E-state index contributed by atoms with van der Waals surface area (Å²) in [6.45, 7) is 2.39. The number of rotatable bonds is 1. The summed E-state index contributed by atoms with van der Waals surface area (Å²) in [5, 5.41) is 2.87. The van der Waals surface area contributed by atoms with Crippen molar-refractivity contribution >= 4 is 11.8 Å². The van der Waals surface area contributed by atoms with E-state index in [2.05, 4.69) is 5.32 Å². The van der Waals surface area contributed by atoms with Crippen LogP contribution in [-0.2, 0) is 9.59 Å². The van der Waals surface area contributed by atoms with Gasteiger partial charge in [0.05, 0.1) is 0 Å². The third kappa shape index (κ3) is 1.38. The molecule has 1 heterocycles. The fourth-order valence-electron chi connectivity index (χ4n) is 2.11. The summed E-state index contributed by atoms with van der Waals surface area (Å²) in [4.78, 5) is 25.1. The summed E-state index contributed by atoms with van der Waals surface area (Å²) < 4.78 is 0. The molecule has 4 nitrogen and oxygen atoms in total. The summed E-state index contributed by atoms with van der Waals surface area (Å²) in [5.74, 6) is 0.405. The van der Waals surface area contributed by atoms with Crippen LogP contribution >= 0.6 is 0 Å². The molecular weight excluding hydrogens is 180 g/mol. The second-order valence-corrected chi connectivity index (χ2v) is 4.50. The monoisotopic (exact) mass is 196 g/mol. The van der Waals surface area contributed by atoms with Crippen molar-refractivity contribution in [1.82, 2.24) is 10.2 Å². The molecule has 0 aromatic carbocycles. The van der Waals surface area contributed by atoms with Gasteiger partial charge in [0.2, 0.25) is 11.8 Å². The van der Waals surface area contributed by atoms with Gasteiger partial charge in [-0.3, -0.25) is 9.59 Å². The predicted molar refractivity (Wildman–Crippen MR) is 51.5 cm³/mol. The smallest absolute Gasteiger partial charge is 0.248 e. The number of nitrogens with one attached hydrogen (secondary N) is 1. The van der Waals surface area contributed by atoms with Crippen molar-refractivity contribution in [3.8, 4) is 0 Å². The second-order valence-electron chi connectivity index (χ2n) is 4.50. The molecule has 2 amide bonds. The normalized spacial score (nSPS) is 34.0. The van der Waals surface area contributed by atoms with Gasteiger partial charge in [0.1, 0.15) is 5.54 Å². The molecule has 1 aliphatic carbocycles. The Morgan fingerprint density at radius 2 is 2.07 bits per heavy atom. The van der Waals surface area contributed by atoms with Gasteiger partial charge in [0.25, 0.3) is 0 Å². The molecule has 14 heavy (non-hydrogen) atoms. The first-order chi connectivity index (χ1) is 6.54. The molecule has 1 saturated heterocycles. The standard InChI is InChI=1S/C10H16N2O2/c1-10(7-3-4-7)9(14)12(2)6-5-8(13)11-10/h7H,3-6H2,1-2H3,(H,11,13). The third-order valence-corrected chi connectivity index (χ3v) is 3.26. The number of hydrogen-bond acceptors (Lipinski definition) is 2. The van der Waals surface area contributed by atoms with Gasteiger partial charge in [0, 0.05) is 20.0 Å². The Morgan fingerprint density at radius 3 is 2.64 bits per heavy atom. The number of likely N-dealkylation sites (N-methyl/N-ethyl adjacent to an activating group) is 1. The minimum absolute atomic E-state index is 0.00269. The van der Waals surface area contributed by atoms with Crippen LogP contribution in [0, 0.1) is 5.92 Å². The summed E-state index contributed by atoms with van der Waals surface area (Å²) in [6, 6.07) is 0. The van der Waals surface area contributed by atoms with Crippen molar-refractivity contribution in [3.63, 3.8) is 0 Å². The maximum absolute atomic E-state index is 12.0. The summed E-state index contributed by atoms with van der Waals surface area (Å²) in [7, 11) is 1.77. The van der Waals surface area contributed by atoms with Crippen LogP contribution in [-0.4, -0.2) is 35.8 Å². The first-order valence-electron chi connectivity index (χ1n) is 5.10. The lowest BCUT2D eigenvalue weighted by atomic mass is 9.94. The lowest BCUT2D eigenvalue weighted by molar-refractivity contribution is -0.137. The number of nitrogens with zero attached hydrogens (tertiary/aromatic N) is 1. The van der Waals surface area contributed by atoms with E-state index in [0.29, 0.717) is 18.9 Å². The zero-order valence-electron chi connectivity index (χ0n) is 8.67. The zero-order valence-corrected chi connectivity index (χ0v) is 8.67. The Hall–Kier alpha value is -1.06. The Bertz CT molecular complexity index is 286. The zero-order chi connectivity index (χ0) is 10.3. The van der Waals surface area contributed by atoms with Crippen LogP contribution < -0.4 is 5.32 Å². The van der Waals surface area contributed by atoms with E-state index in [0.717, 1.165) is 12.8 Å². The van der Waals surface area contributed by atoms with E-state index >= 15 is 0 Å². The first kappa shape index (κ1) is 9.49. The van der Waals surface area contributed by atoms with Crippen LogP contribution in [0.5, 0.6) is 0 Å². The molecular formula is C10H16N2O2. The van der Waals surface area contributed by atoms with Crippen molar-refractivity contribution in [2.24, 2.45) is 5.92 Å². The highest BCUT2D eigenvalue weighted by Gasteiger charge is 2.50. The molecule has 1 aliphatic heterocycles. The van der Waals surface area contributed by atoms with E-state index in [9.17, 15) is 9.59 Å². The highest BCUT2D eigenvalue weighted by Crippen LogP contribution is 2.41. The quantitative estimate of drug-likeness (QED) is 0.648. The van der Waals surface area contributed by atoms with Crippen molar-refractivity contribution in [2.75, 3.05) is 13.6 Å². The minimum atomic E-state index is -0.637. The number of amides is 2. The Kier molecular flexibility index (Phi) is 2.01. The summed E-state index contributed by atoms with van der Waals surface area (Å²) in [5.41, 5.74) is -0.637. The van der Waals surface area contributed by atoms with Crippen molar-refractivity contribution < 1.29 is 9.59 Å². The van der Waals surface area contributed by atoms with Gasteiger partial charge in [-0.25, -0.2) is 0 Å². The average molecular weight is 196 g/mol. The average Bonchev–Trinajstić information content (AvgIpc) is 2.94. The number of hydrogen-bond donors (Lipinski definition) is 1. The van der Waals surface area contributed by atoms with Crippen molar-refractivity contribution in [1.29, 1.82) is 0 Å². The molecule has 1 unspecified atom stereocenters. The molecule has 0 aromatic rings. The van der Waals surface area contributed by atoms with Gasteiger partial charge in [-0.15, -0.1) is 0 Å². The molecule has 0 bridgehead atoms. The van der Waals surface area contributed by atoms with E-state index in [1.54, 1.807) is 11.9 Å². The van der Waals surface area contributed by atoms with Crippen LogP contribution in [0.1, 0.15) is 26.2 Å². The molecule has 78 valence electrons. The highest BCUT2D eigenvalue weighted by atomic mass is 16.2.